The van der Waals surface area contributed by atoms with E-state index in [2.05, 4.69) is 16.1 Å². The van der Waals surface area contributed by atoms with Crippen LogP contribution in [0.5, 0.6) is 0 Å². The number of allylic oxidation sites excluding steroid dienone is 1. The average Bonchev–Trinajstić information content (AvgIpc) is 2.68. The van der Waals surface area contributed by atoms with Gasteiger partial charge in [0.05, 0.1) is 4.90 Å². The largest absolute Gasteiger partial charge is 0.352 e. The summed E-state index contributed by atoms with van der Waals surface area (Å²) in [6.07, 6.45) is 7.89. The fourth-order valence-electron chi connectivity index (χ4n) is 3.28. The molecule has 0 unspecified atom stereocenters. The third kappa shape index (κ3) is 5.45. The smallest absolute Gasteiger partial charge is 0.261 e. The highest BCUT2D eigenvalue weighted by molar-refractivity contribution is 7.92. The highest BCUT2D eigenvalue weighted by Gasteiger charge is 2.15. The molecule has 0 atom stereocenters. The summed E-state index contributed by atoms with van der Waals surface area (Å²) in [5.74, 6) is -0.188. The van der Waals surface area contributed by atoms with Crippen molar-refractivity contribution in [1.82, 2.24) is 5.32 Å². The van der Waals surface area contributed by atoms with Crippen LogP contribution in [0.4, 0.5) is 5.69 Å². The molecule has 28 heavy (non-hydrogen) atoms. The van der Waals surface area contributed by atoms with E-state index in [0.717, 1.165) is 24.8 Å². The minimum Gasteiger partial charge on any atom is -0.352 e. The number of benzene rings is 2. The van der Waals surface area contributed by atoms with E-state index in [1.54, 1.807) is 30.3 Å². The number of hydrogen-bond donors (Lipinski definition) is 2. The third-order valence-corrected chi connectivity index (χ3v) is 6.21. The van der Waals surface area contributed by atoms with Crippen LogP contribution >= 0.6 is 0 Å². The molecule has 0 aromatic heterocycles. The maximum absolute atomic E-state index is 12.5. The van der Waals surface area contributed by atoms with E-state index in [1.165, 1.54) is 30.5 Å². The highest BCUT2D eigenvalue weighted by Crippen LogP contribution is 2.20. The van der Waals surface area contributed by atoms with Gasteiger partial charge in [0.15, 0.2) is 0 Å². The van der Waals surface area contributed by atoms with Crippen LogP contribution in [0.3, 0.4) is 0 Å². The van der Waals surface area contributed by atoms with E-state index in [1.807, 2.05) is 13.0 Å². The molecule has 3 rings (SSSR count). The molecule has 0 bridgehead atoms. The lowest BCUT2D eigenvalue weighted by Gasteiger charge is -2.13. The number of rotatable bonds is 7. The molecule has 2 N–H and O–H groups in total. The first-order valence-corrected chi connectivity index (χ1v) is 11.1. The summed E-state index contributed by atoms with van der Waals surface area (Å²) in [6, 6.07) is 13.2. The van der Waals surface area contributed by atoms with E-state index in [-0.39, 0.29) is 10.8 Å². The number of nitrogens with one attached hydrogen (secondary N) is 2. The van der Waals surface area contributed by atoms with Gasteiger partial charge in [-0.3, -0.25) is 9.52 Å². The minimum absolute atomic E-state index is 0.123. The van der Waals surface area contributed by atoms with Crippen LogP contribution in [0.15, 0.2) is 65.1 Å². The molecule has 1 aliphatic carbocycles. The third-order valence-electron chi connectivity index (χ3n) is 4.81. The van der Waals surface area contributed by atoms with Gasteiger partial charge in [-0.2, -0.15) is 0 Å². The van der Waals surface area contributed by atoms with Gasteiger partial charge in [-0.05, 0) is 81.0 Å². The first-order chi connectivity index (χ1) is 13.4. The molecule has 0 saturated carbocycles. The molecule has 5 nitrogen and oxygen atoms in total. The Labute approximate surface area is 166 Å². The van der Waals surface area contributed by atoms with Gasteiger partial charge in [0.1, 0.15) is 0 Å². The Morgan fingerprint density at radius 2 is 1.86 bits per heavy atom. The minimum atomic E-state index is -3.69. The summed E-state index contributed by atoms with van der Waals surface area (Å²) < 4.78 is 27.6. The predicted molar refractivity (Wildman–Crippen MR) is 112 cm³/mol. The monoisotopic (exact) mass is 398 g/mol. The van der Waals surface area contributed by atoms with E-state index in [9.17, 15) is 13.2 Å². The van der Waals surface area contributed by atoms with Gasteiger partial charge >= 0.3 is 0 Å². The Morgan fingerprint density at radius 3 is 2.54 bits per heavy atom. The summed E-state index contributed by atoms with van der Waals surface area (Å²) in [6.45, 7) is 2.50. The Morgan fingerprint density at radius 1 is 1.07 bits per heavy atom. The zero-order chi connectivity index (χ0) is 20.0. The van der Waals surface area contributed by atoms with Gasteiger partial charge in [-0.15, -0.1) is 0 Å². The summed E-state index contributed by atoms with van der Waals surface area (Å²) >= 11 is 0. The predicted octanol–water partition coefficient (Wildman–Crippen LogP) is 4.42. The van der Waals surface area contributed by atoms with Crippen molar-refractivity contribution in [2.45, 2.75) is 43.9 Å². The SMILES string of the molecule is Cc1cccc(NS(=O)(=O)c2ccc(C(=O)NCCC3=CCCCC3)cc2)c1. The number of sulfonamides is 1. The Balaban J connectivity index is 1.58. The van der Waals surface area contributed by atoms with Crippen molar-refractivity contribution in [2.24, 2.45) is 0 Å². The molecule has 2 aromatic carbocycles. The lowest BCUT2D eigenvalue weighted by molar-refractivity contribution is 0.0954. The lowest BCUT2D eigenvalue weighted by atomic mass is 9.97. The highest BCUT2D eigenvalue weighted by atomic mass is 32.2. The second-order valence-corrected chi connectivity index (χ2v) is 8.80. The molecular weight excluding hydrogens is 372 g/mol. The van der Waals surface area contributed by atoms with E-state index in [4.69, 9.17) is 0 Å². The van der Waals surface area contributed by atoms with Gasteiger partial charge in [-0.25, -0.2) is 8.42 Å². The summed E-state index contributed by atoms with van der Waals surface area (Å²) in [5.41, 5.74) is 3.34. The first kappa shape index (κ1) is 20.1. The quantitative estimate of drug-likeness (QED) is 0.678. The number of amides is 1. The van der Waals surface area contributed by atoms with Crippen molar-refractivity contribution in [3.63, 3.8) is 0 Å². The van der Waals surface area contributed by atoms with Crippen LogP contribution in [0.1, 0.15) is 48.0 Å². The molecular formula is C22H26N2O3S. The zero-order valence-electron chi connectivity index (χ0n) is 16.1. The van der Waals surface area contributed by atoms with Gasteiger partial charge in [0.2, 0.25) is 0 Å². The molecule has 148 valence electrons. The van der Waals surface area contributed by atoms with Crippen molar-refractivity contribution in [3.05, 3.63) is 71.3 Å². The molecule has 0 heterocycles. The molecule has 0 spiro atoms. The van der Waals surface area contributed by atoms with Crippen LogP contribution in [0, 0.1) is 6.92 Å². The molecule has 0 radical (unpaired) electrons. The van der Waals surface area contributed by atoms with Crippen LogP contribution in [-0.4, -0.2) is 20.9 Å². The standard InChI is InChI=1S/C22H26N2O3S/c1-17-6-5-9-20(16-17)24-28(26,27)21-12-10-19(11-13-21)22(25)23-15-14-18-7-3-2-4-8-18/h5-7,9-13,16,24H,2-4,8,14-15H2,1H3,(H,23,25). The van der Waals surface area contributed by atoms with E-state index in [0.29, 0.717) is 17.8 Å². The van der Waals surface area contributed by atoms with E-state index >= 15 is 0 Å². The number of hydrogen-bond acceptors (Lipinski definition) is 3. The fraction of sp³-hybridized carbons (Fsp3) is 0.318. The van der Waals surface area contributed by atoms with Gasteiger partial charge in [0.25, 0.3) is 15.9 Å². The molecule has 6 heteroatoms. The zero-order valence-corrected chi connectivity index (χ0v) is 16.9. The van der Waals surface area contributed by atoms with Gasteiger partial charge in [-0.1, -0.05) is 23.8 Å². The molecule has 2 aromatic rings. The van der Waals surface area contributed by atoms with Crippen molar-refractivity contribution in [3.8, 4) is 0 Å². The summed E-state index contributed by atoms with van der Waals surface area (Å²) in [5, 5.41) is 2.91. The number of carbonyl (C=O) groups excluding carboxylic acids is 1. The van der Waals surface area contributed by atoms with Crippen LogP contribution in [0.2, 0.25) is 0 Å². The Hall–Kier alpha value is -2.60. The molecule has 1 aliphatic rings. The second kappa shape index (κ2) is 9.06. The normalized spacial score (nSPS) is 14.2. The molecule has 0 saturated heterocycles. The van der Waals surface area contributed by atoms with Crippen molar-refractivity contribution >= 4 is 21.6 Å². The Kier molecular flexibility index (Phi) is 6.52. The summed E-state index contributed by atoms with van der Waals surface area (Å²) in [7, 11) is -3.69. The molecule has 0 fully saturated rings. The number of anilines is 1. The van der Waals surface area contributed by atoms with Crippen LogP contribution in [0.25, 0.3) is 0 Å². The van der Waals surface area contributed by atoms with Crippen LogP contribution < -0.4 is 10.0 Å². The topological polar surface area (TPSA) is 75.3 Å². The fourth-order valence-corrected chi connectivity index (χ4v) is 4.33. The first-order valence-electron chi connectivity index (χ1n) is 9.60. The average molecular weight is 399 g/mol. The van der Waals surface area contributed by atoms with Gasteiger partial charge in [0, 0.05) is 17.8 Å². The Bertz CT molecular complexity index is 964. The number of aryl methyl sites for hydroxylation is 1. The molecule has 1 amide bonds. The van der Waals surface area contributed by atoms with Gasteiger partial charge < -0.3 is 5.32 Å². The van der Waals surface area contributed by atoms with Crippen LogP contribution in [-0.2, 0) is 10.0 Å². The van der Waals surface area contributed by atoms with Crippen molar-refractivity contribution in [2.75, 3.05) is 11.3 Å². The summed E-state index contributed by atoms with van der Waals surface area (Å²) in [4.78, 5) is 12.4. The van der Waals surface area contributed by atoms with Crippen molar-refractivity contribution in [1.29, 1.82) is 0 Å². The second-order valence-electron chi connectivity index (χ2n) is 7.11. The maximum Gasteiger partial charge on any atom is 0.261 e. The lowest BCUT2D eigenvalue weighted by Crippen LogP contribution is -2.25. The molecule has 0 aliphatic heterocycles. The van der Waals surface area contributed by atoms with E-state index < -0.39 is 10.0 Å². The van der Waals surface area contributed by atoms with Crippen molar-refractivity contribution < 1.29 is 13.2 Å². The number of carbonyl (C=O) groups is 1. The maximum atomic E-state index is 12.5.